The van der Waals surface area contributed by atoms with Crippen molar-refractivity contribution in [2.24, 2.45) is 0 Å². The summed E-state index contributed by atoms with van der Waals surface area (Å²) in [5, 5.41) is 11.4. The first-order chi connectivity index (χ1) is 13.8. The number of rotatable bonds is 5. The van der Waals surface area contributed by atoms with Gasteiger partial charge in [-0.25, -0.2) is 0 Å². The van der Waals surface area contributed by atoms with Crippen LogP contribution in [0.1, 0.15) is 18.1 Å². The Morgan fingerprint density at radius 3 is 2.69 bits per heavy atom. The molecule has 2 amide bonds. The van der Waals surface area contributed by atoms with Crippen LogP contribution in [0.25, 0.3) is 0 Å². The minimum Gasteiger partial charge on any atom is -0.508 e. The number of aryl methyl sites for hydroxylation is 1. The molecule has 2 heterocycles. The third-order valence-corrected chi connectivity index (χ3v) is 5.79. The van der Waals surface area contributed by atoms with Crippen molar-refractivity contribution in [2.75, 3.05) is 13.2 Å². The number of benzene rings is 2. The van der Waals surface area contributed by atoms with Crippen LogP contribution in [0.5, 0.6) is 23.0 Å². The van der Waals surface area contributed by atoms with Gasteiger partial charge in [-0.3, -0.25) is 14.9 Å². The number of fused-ring (bicyclic) bond motifs is 1. The number of nitrogens with one attached hydrogen (secondary N) is 1. The molecule has 2 unspecified atom stereocenters. The average molecular weight is 415 g/mol. The van der Waals surface area contributed by atoms with Gasteiger partial charge in [-0.2, -0.15) is 0 Å². The van der Waals surface area contributed by atoms with Crippen molar-refractivity contribution in [3.63, 3.8) is 0 Å². The van der Waals surface area contributed by atoms with Crippen molar-refractivity contribution in [3.05, 3.63) is 47.5 Å². The summed E-state index contributed by atoms with van der Waals surface area (Å²) in [6, 6.07) is 10.7. The SMILES string of the molecule is Cc1cc2c(cc1O)OCC(C)(COc1ccc(CC3SC(=O)NC3=O)cc1)O2. The van der Waals surface area contributed by atoms with E-state index in [1.807, 2.05) is 31.2 Å². The minimum absolute atomic E-state index is 0.171. The Kier molecular flexibility index (Phi) is 5.04. The van der Waals surface area contributed by atoms with Crippen LogP contribution in [0.3, 0.4) is 0 Å². The molecule has 7 nitrogen and oxygen atoms in total. The standard InChI is InChI=1S/C21H21NO6S/c1-12-7-17-16(9-15(12)23)27-11-21(2,28-17)10-26-14-5-3-13(4-6-14)8-18-19(24)22-20(25)29-18/h3-7,9,18,23H,8,10-11H2,1-2H3,(H,22,24,25). The number of phenolic OH excluding ortho intramolecular Hbond substituents is 1. The Morgan fingerprint density at radius 2 is 2.00 bits per heavy atom. The average Bonchev–Trinajstić information content (AvgIpc) is 2.99. The zero-order chi connectivity index (χ0) is 20.6. The molecule has 2 aromatic rings. The Bertz CT molecular complexity index is 960. The molecule has 0 aliphatic carbocycles. The zero-order valence-electron chi connectivity index (χ0n) is 16.1. The Hall–Kier alpha value is -2.87. The molecule has 2 N–H and O–H groups in total. The highest BCUT2D eigenvalue weighted by Crippen LogP contribution is 2.39. The predicted molar refractivity (Wildman–Crippen MR) is 108 cm³/mol. The summed E-state index contributed by atoms with van der Waals surface area (Å²) < 4.78 is 17.7. The molecule has 8 heteroatoms. The fourth-order valence-corrected chi connectivity index (χ4v) is 4.00. The smallest absolute Gasteiger partial charge is 0.286 e. The van der Waals surface area contributed by atoms with E-state index < -0.39 is 5.60 Å². The number of amides is 2. The van der Waals surface area contributed by atoms with Crippen molar-refractivity contribution >= 4 is 22.9 Å². The van der Waals surface area contributed by atoms with E-state index in [0.29, 0.717) is 35.8 Å². The van der Waals surface area contributed by atoms with Crippen LogP contribution in [0, 0.1) is 6.92 Å². The van der Waals surface area contributed by atoms with E-state index in [0.717, 1.165) is 17.3 Å². The molecule has 2 aliphatic heterocycles. The van der Waals surface area contributed by atoms with Gasteiger partial charge >= 0.3 is 0 Å². The topological polar surface area (TPSA) is 94.1 Å². The van der Waals surface area contributed by atoms with Crippen molar-refractivity contribution in [1.29, 1.82) is 0 Å². The largest absolute Gasteiger partial charge is 0.508 e. The van der Waals surface area contributed by atoms with E-state index in [4.69, 9.17) is 14.2 Å². The van der Waals surface area contributed by atoms with Gasteiger partial charge in [-0.05, 0) is 49.6 Å². The highest BCUT2D eigenvalue weighted by molar-refractivity contribution is 8.15. The van der Waals surface area contributed by atoms with Gasteiger partial charge in [0.1, 0.15) is 24.7 Å². The first kappa shape index (κ1) is 19.4. The quantitative estimate of drug-likeness (QED) is 0.774. The molecule has 0 aromatic heterocycles. The summed E-state index contributed by atoms with van der Waals surface area (Å²) in [4.78, 5) is 22.9. The van der Waals surface area contributed by atoms with E-state index in [1.54, 1.807) is 19.1 Å². The lowest BCUT2D eigenvalue weighted by Crippen LogP contribution is -2.47. The summed E-state index contributed by atoms with van der Waals surface area (Å²) in [6.07, 6.45) is 0.486. The number of hydrogen-bond donors (Lipinski definition) is 2. The first-order valence-corrected chi connectivity index (χ1v) is 10.1. The molecule has 2 aromatic carbocycles. The minimum atomic E-state index is -0.673. The summed E-state index contributed by atoms with van der Waals surface area (Å²) >= 11 is 1.02. The van der Waals surface area contributed by atoms with Crippen molar-refractivity contribution in [2.45, 2.75) is 31.1 Å². The summed E-state index contributed by atoms with van der Waals surface area (Å²) in [5.74, 6) is 1.69. The number of phenols is 1. The molecule has 29 heavy (non-hydrogen) atoms. The molecule has 0 bridgehead atoms. The van der Waals surface area contributed by atoms with Gasteiger partial charge in [0.15, 0.2) is 17.1 Å². The summed E-state index contributed by atoms with van der Waals surface area (Å²) in [6.45, 7) is 4.27. The Balaban J connectivity index is 1.36. The van der Waals surface area contributed by atoms with Crippen LogP contribution < -0.4 is 19.5 Å². The van der Waals surface area contributed by atoms with E-state index >= 15 is 0 Å². The number of thioether (sulfide) groups is 1. The lowest BCUT2D eigenvalue weighted by atomic mass is 10.1. The van der Waals surface area contributed by atoms with E-state index in [1.165, 1.54) is 0 Å². The third kappa shape index (κ3) is 4.27. The molecule has 1 fully saturated rings. The molecular weight excluding hydrogens is 394 g/mol. The molecule has 2 atom stereocenters. The van der Waals surface area contributed by atoms with E-state index in [-0.39, 0.29) is 28.8 Å². The third-order valence-electron chi connectivity index (χ3n) is 4.81. The van der Waals surface area contributed by atoms with Gasteiger partial charge < -0.3 is 19.3 Å². The van der Waals surface area contributed by atoms with Crippen molar-refractivity contribution in [1.82, 2.24) is 5.32 Å². The van der Waals surface area contributed by atoms with Gasteiger partial charge in [0.2, 0.25) is 5.91 Å². The summed E-state index contributed by atoms with van der Waals surface area (Å²) in [7, 11) is 0. The highest BCUT2D eigenvalue weighted by atomic mass is 32.2. The second-order valence-electron chi connectivity index (χ2n) is 7.45. The monoisotopic (exact) mass is 415 g/mol. The zero-order valence-corrected chi connectivity index (χ0v) is 16.9. The molecule has 152 valence electrons. The fraction of sp³-hybridized carbons (Fsp3) is 0.333. The predicted octanol–water partition coefficient (Wildman–Crippen LogP) is 3.20. The lowest BCUT2D eigenvalue weighted by molar-refractivity contribution is -0.118. The number of carbonyl (C=O) groups excluding carboxylic acids is 2. The molecule has 1 saturated heterocycles. The Morgan fingerprint density at radius 1 is 1.24 bits per heavy atom. The van der Waals surface area contributed by atoms with Crippen LogP contribution in [0.15, 0.2) is 36.4 Å². The molecular formula is C21H21NO6S. The number of aromatic hydroxyl groups is 1. The normalized spacial score (nSPS) is 23.0. The second kappa shape index (κ2) is 7.51. The van der Waals surface area contributed by atoms with Crippen molar-refractivity contribution < 1.29 is 28.9 Å². The van der Waals surface area contributed by atoms with Crippen LogP contribution in [-0.4, -0.2) is 40.3 Å². The molecule has 0 spiro atoms. The Labute approximate surface area is 172 Å². The van der Waals surface area contributed by atoms with Gasteiger partial charge in [0.25, 0.3) is 5.24 Å². The van der Waals surface area contributed by atoms with Gasteiger partial charge in [0, 0.05) is 6.07 Å². The number of hydrogen-bond acceptors (Lipinski definition) is 7. The van der Waals surface area contributed by atoms with Crippen LogP contribution in [-0.2, 0) is 11.2 Å². The van der Waals surface area contributed by atoms with Gasteiger partial charge in [0.05, 0.1) is 5.25 Å². The second-order valence-corrected chi connectivity index (χ2v) is 8.62. The maximum Gasteiger partial charge on any atom is 0.286 e. The van der Waals surface area contributed by atoms with Gasteiger partial charge in [-0.1, -0.05) is 23.9 Å². The molecule has 2 aliphatic rings. The van der Waals surface area contributed by atoms with Crippen LogP contribution in [0.2, 0.25) is 0 Å². The molecule has 0 radical (unpaired) electrons. The number of carbonyl (C=O) groups is 2. The number of imide groups is 1. The van der Waals surface area contributed by atoms with Crippen molar-refractivity contribution in [3.8, 4) is 23.0 Å². The maximum absolute atomic E-state index is 11.7. The molecule has 0 saturated carbocycles. The fourth-order valence-electron chi connectivity index (χ4n) is 3.14. The van der Waals surface area contributed by atoms with Gasteiger partial charge in [-0.15, -0.1) is 0 Å². The lowest BCUT2D eigenvalue weighted by Gasteiger charge is -2.35. The highest BCUT2D eigenvalue weighted by Gasteiger charge is 2.35. The summed E-state index contributed by atoms with van der Waals surface area (Å²) in [5.41, 5.74) is 0.991. The maximum atomic E-state index is 11.7. The van der Waals surface area contributed by atoms with Crippen LogP contribution >= 0.6 is 11.8 Å². The van der Waals surface area contributed by atoms with Crippen LogP contribution in [0.4, 0.5) is 4.79 Å². The first-order valence-electron chi connectivity index (χ1n) is 9.20. The number of ether oxygens (including phenoxy) is 3. The van der Waals surface area contributed by atoms with E-state index in [2.05, 4.69) is 5.32 Å². The van der Waals surface area contributed by atoms with E-state index in [9.17, 15) is 14.7 Å². The molecule has 4 rings (SSSR count).